The number of benzene rings is 3. The third-order valence-corrected chi connectivity index (χ3v) is 6.14. The van der Waals surface area contributed by atoms with Crippen LogP contribution in [-0.2, 0) is 11.2 Å². The lowest BCUT2D eigenvalue weighted by atomic mass is 10.0. The number of thiophene rings is 1. The molecule has 0 radical (unpaired) electrons. The van der Waals surface area contributed by atoms with Gasteiger partial charge in [-0.1, -0.05) is 49.0 Å². The summed E-state index contributed by atoms with van der Waals surface area (Å²) in [6.07, 6.45) is 0.532. The maximum Gasteiger partial charge on any atom is 0.236 e. The first kappa shape index (κ1) is 20.8. The van der Waals surface area contributed by atoms with Crippen LogP contribution in [0.25, 0.3) is 26.9 Å². The van der Waals surface area contributed by atoms with Crippen LogP contribution in [0, 0.1) is 11.6 Å². The Bertz CT molecular complexity index is 1300. The highest BCUT2D eigenvalue weighted by Gasteiger charge is 2.11. The van der Waals surface area contributed by atoms with E-state index in [1.807, 2.05) is 36.4 Å². The topological polar surface area (TPSA) is 55.1 Å². The fourth-order valence-corrected chi connectivity index (χ4v) is 4.68. The van der Waals surface area contributed by atoms with Gasteiger partial charge < -0.3 is 11.1 Å². The van der Waals surface area contributed by atoms with Gasteiger partial charge in [-0.3, -0.25) is 4.79 Å². The molecular formula is C25H20F2N2OS. The second kappa shape index (κ2) is 8.70. The monoisotopic (exact) mass is 434 g/mol. The van der Waals surface area contributed by atoms with Crippen molar-refractivity contribution in [3.63, 3.8) is 0 Å². The van der Waals surface area contributed by atoms with Crippen LogP contribution in [0.15, 0.2) is 73.3 Å². The molecule has 0 fully saturated rings. The predicted molar refractivity (Wildman–Crippen MR) is 123 cm³/mol. The molecule has 1 heterocycles. The molecule has 0 atom stereocenters. The summed E-state index contributed by atoms with van der Waals surface area (Å²) in [7, 11) is 0. The number of halogens is 2. The molecule has 0 unspecified atom stereocenters. The zero-order chi connectivity index (χ0) is 22.0. The van der Waals surface area contributed by atoms with Gasteiger partial charge in [0.2, 0.25) is 5.91 Å². The van der Waals surface area contributed by atoms with Crippen molar-refractivity contribution in [1.82, 2.24) is 5.32 Å². The van der Waals surface area contributed by atoms with Crippen LogP contribution in [0.5, 0.6) is 0 Å². The molecule has 6 heteroatoms. The van der Waals surface area contributed by atoms with E-state index < -0.39 is 17.5 Å². The smallest absolute Gasteiger partial charge is 0.236 e. The lowest BCUT2D eigenvalue weighted by Crippen LogP contribution is -2.27. The van der Waals surface area contributed by atoms with Gasteiger partial charge in [0, 0.05) is 21.7 Å². The number of rotatable bonds is 7. The third-order valence-electron chi connectivity index (χ3n) is 4.96. The molecule has 0 saturated carbocycles. The van der Waals surface area contributed by atoms with Crippen molar-refractivity contribution in [2.45, 2.75) is 6.42 Å². The van der Waals surface area contributed by atoms with Crippen molar-refractivity contribution in [2.75, 3.05) is 6.54 Å². The lowest BCUT2D eigenvalue weighted by molar-refractivity contribution is -0.117. The number of carbonyl (C=O) groups excluding carboxylic acids is 1. The van der Waals surface area contributed by atoms with E-state index >= 15 is 0 Å². The molecule has 0 spiro atoms. The SMILES string of the molecule is C=C(NCC(N)=O)c1cccc(-c2cccc3cc(Cc4ccc(F)c(F)c4)sc23)c1. The van der Waals surface area contributed by atoms with Crippen LogP contribution in [0.4, 0.5) is 8.78 Å². The summed E-state index contributed by atoms with van der Waals surface area (Å²) >= 11 is 1.64. The largest absolute Gasteiger partial charge is 0.376 e. The van der Waals surface area contributed by atoms with Crippen LogP contribution < -0.4 is 11.1 Å². The molecule has 0 aliphatic heterocycles. The van der Waals surface area contributed by atoms with Gasteiger partial charge in [0.15, 0.2) is 11.6 Å². The van der Waals surface area contributed by atoms with Crippen LogP contribution in [0.1, 0.15) is 16.0 Å². The summed E-state index contributed by atoms with van der Waals surface area (Å²) < 4.78 is 27.9. The highest BCUT2D eigenvalue weighted by atomic mass is 32.1. The molecule has 1 aromatic heterocycles. The number of primary amides is 1. The molecule has 0 aliphatic rings. The minimum Gasteiger partial charge on any atom is -0.376 e. The maximum absolute atomic E-state index is 13.6. The Morgan fingerprint density at radius 2 is 1.81 bits per heavy atom. The fraction of sp³-hybridized carbons (Fsp3) is 0.0800. The Hall–Kier alpha value is -3.51. The zero-order valence-corrected chi connectivity index (χ0v) is 17.4. The average Bonchev–Trinajstić information content (AvgIpc) is 3.17. The van der Waals surface area contributed by atoms with E-state index in [1.54, 1.807) is 17.4 Å². The number of hydrogen-bond donors (Lipinski definition) is 2. The highest BCUT2D eigenvalue weighted by molar-refractivity contribution is 7.19. The van der Waals surface area contributed by atoms with Crippen molar-refractivity contribution in [2.24, 2.45) is 5.73 Å². The summed E-state index contributed by atoms with van der Waals surface area (Å²) in [6, 6.07) is 20.1. The minimum atomic E-state index is -0.839. The average molecular weight is 435 g/mol. The molecule has 1 amide bonds. The standard InChI is InChI=1S/C25H20F2N2OS/c1-15(29-14-24(28)30)17-4-2-5-18(12-17)21-7-3-6-19-13-20(31-25(19)21)10-16-8-9-22(26)23(27)11-16/h2-9,11-13,29H,1,10,14H2,(H2,28,30). The molecule has 4 aromatic rings. The highest BCUT2D eigenvalue weighted by Crippen LogP contribution is 2.36. The second-order valence-corrected chi connectivity index (χ2v) is 8.38. The number of nitrogens with two attached hydrogens (primary N) is 1. The summed E-state index contributed by atoms with van der Waals surface area (Å²) in [5, 5.41) is 4.02. The Morgan fingerprint density at radius 1 is 1.00 bits per heavy atom. The quantitative estimate of drug-likeness (QED) is 0.405. The first-order valence-corrected chi connectivity index (χ1v) is 10.5. The van der Waals surface area contributed by atoms with Crippen LogP contribution in [0.3, 0.4) is 0 Å². The second-order valence-electron chi connectivity index (χ2n) is 7.24. The van der Waals surface area contributed by atoms with Gasteiger partial charge in [-0.05, 0) is 51.9 Å². The van der Waals surface area contributed by atoms with E-state index in [9.17, 15) is 13.6 Å². The molecule has 3 aromatic carbocycles. The fourth-order valence-electron chi connectivity index (χ4n) is 3.45. The molecular weight excluding hydrogens is 414 g/mol. The maximum atomic E-state index is 13.6. The first-order valence-electron chi connectivity index (χ1n) is 9.68. The van der Waals surface area contributed by atoms with E-state index in [2.05, 4.69) is 24.0 Å². The summed E-state index contributed by atoms with van der Waals surface area (Å²) in [5.74, 6) is -2.12. The summed E-state index contributed by atoms with van der Waals surface area (Å²) in [4.78, 5) is 12.1. The Labute approximate surface area is 182 Å². The van der Waals surface area contributed by atoms with Crippen molar-refractivity contribution in [3.8, 4) is 11.1 Å². The number of fused-ring (bicyclic) bond motifs is 1. The van der Waals surface area contributed by atoms with Crippen molar-refractivity contribution in [1.29, 1.82) is 0 Å². The Balaban J connectivity index is 1.66. The molecule has 3 N–H and O–H groups in total. The molecule has 4 rings (SSSR count). The minimum absolute atomic E-state index is 0.0247. The normalized spacial score (nSPS) is 10.9. The first-order chi connectivity index (χ1) is 14.9. The number of amides is 1. The number of nitrogens with one attached hydrogen (secondary N) is 1. The number of hydrogen-bond acceptors (Lipinski definition) is 3. The predicted octanol–water partition coefficient (Wildman–Crippen LogP) is 5.48. The van der Waals surface area contributed by atoms with Gasteiger partial charge in [-0.2, -0.15) is 0 Å². The molecule has 0 aliphatic carbocycles. The lowest BCUT2D eigenvalue weighted by Gasteiger charge is -2.10. The summed E-state index contributed by atoms with van der Waals surface area (Å²) in [5.41, 5.74) is 9.51. The molecule has 31 heavy (non-hydrogen) atoms. The van der Waals surface area contributed by atoms with Gasteiger partial charge in [0.1, 0.15) is 0 Å². The van der Waals surface area contributed by atoms with E-state index in [4.69, 9.17) is 5.73 Å². The van der Waals surface area contributed by atoms with Gasteiger partial charge in [-0.25, -0.2) is 8.78 Å². The van der Waals surface area contributed by atoms with E-state index in [0.29, 0.717) is 12.1 Å². The zero-order valence-electron chi connectivity index (χ0n) is 16.6. The van der Waals surface area contributed by atoms with Crippen LogP contribution in [0.2, 0.25) is 0 Å². The van der Waals surface area contributed by atoms with Gasteiger partial charge >= 0.3 is 0 Å². The van der Waals surface area contributed by atoms with E-state index in [0.717, 1.165) is 43.3 Å². The van der Waals surface area contributed by atoms with Crippen LogP contribution in [-0.4, -0.2) is 12.5 Å². The molecule has 3 nitrogen and oxygen atoms in total. The Morgan fingerprint density at radius 3 is 2.58 bits per heavy atom. The van der Waals surface area contributed by atoms with E-state index in [1.165, 1.54) is 6.07 Å². The van der Waals surface area contributed by atoms with E-state index in [-0.39, 0.29) is 6.54 Å². The number of carbonyl (C=O) groups is 1. The van der Waals surface area contributed by atoms with Crippen molar-refractivity contribution in [3.05, 3.63) is 101 Å². The van der Waals surface area contributed by atoms with Crippen molar-refractivity contribution < 1.29 is 13.6 Å². The molecule has 156 valence electrons. The third kappa shape index (κ3) is 4.64. The Kier molecular flexibility index (Phi) is 5.82. The summed E-state index contributed by atoms with van der Waals surface area (Å²) in [6.45, 7) is 4.01. The van der Waals surface area contributed by atoms with Gasteiger partial charge in [0.25, 0.3) is 0 Å². The van der Waals surface area contributed by atoms with Crippen LogP contribution >= 0.6 is 11.3 Å². The molecule has 0 saturated heterocycles. The van der Waals surface area contributed by atoms with Gasteiger partial charge in [0.05, 0.1) is 6.54 Å². The van der Waals surface area contributed by atoms with Gasteiger partial charge in [-0.15, -0.1) is 11.3 Å². The molecule has 0 bridgehead atoms. The van der Waals surface area contributed by atoms with Crippen molar-refractivity contribution >= 4 is 33.0 Å².